The summed E-state index contributed by atoms with van der Waals surface area (Å²) in [6, 6.07) is 0.732. The Labute approximate surface area is 138 Å². The van der Waals surface area contributed by atoms with E-state index in [9.17, 15) is 4.79 Å². The lowest BCUT2D eigenvalue weighted by Gasteiger charge is -2.26. The van der Waals surface area contributed by atoms with Crippen LogP contribution < -0.4 is 5.32 Å². The van der Waals surface area contributed by atoms with Crippen molar-refractivity contribution in [1.82, 2.24) is 25.0 Å². The topological polar surface area (TPSA) is 72.3 Å². The predicted molar refractivity (Wildman–Crippen MR) is 88.1 cm³/mol. The quantitative estimate of drug-likeness (QED) is 0.918. The molecule has 0 unspecified atom stereocenters. The maximum atomic E-state index is 12.2. The number of ether oxygens (including phenoxy) is 1. The smallest absolute Gasteiger partial charge is 0.410 e. The van der Waals surface area contributed by atoms with Gasteiger partial charge in [0.1, 0.15) is 18.3 Å². The van der Waals surface area contributed by atoms with Gasteiger partial charge in [-0.05, 0) is 47.0 Å². The first-order valence-corrected chi connectivity index (χ1v) is 8.40. The molecule has 0 bridgehead atoms. The van der Waals surface area contributed by atoms with Crippen LogP contribution in [0.5, 0.6) is 0 Å². The lowest BCUT2D eigenvalue weighted by molar-refractivity contribution is 0.0256. The van der Waals surface area contributed by atoms with Gasteiger partial charge in [0.2, 0.25) is 0 Å². The monoisotopic (exact) mass is 323 g/mol. The summed E-state index contributed by atoms with van der Waals surface area (Å²) in [6.07, 6.45) is 6.09. The molecule has 2 atom stereocenters. The Bertz CT molecular complexity index is 483. The lowest BCUT2D eigenvalue weighted by Crippen LogP contribution is -2.40. The van der Waals surface area contributed by atoms with Crippen LogP contribution in [0.3, 0.4) is 0 Å². The maximum Gasteiger partial charge on any atom is 0.410 e. The van der Waals surface area contributed by atoms with E-state index in [4.69, 9.17) is 4.74 Å². The first kappa shape index (κ1) is 17.7. The van der Waals surface area contributed by atoms with Crippen molar-refractivity contribution in [1.29, 1.82) is 0 Å². The van der Waals surface area contributed by atoms with Gasteiger partial charge >= 0.3 is 6.09 Å². The Morgan fingerprint density at radius 1 is 1.39 bits per heavy atom. The molecular weight excluding hydrogens is 294 g/mol. The van der Waals surface area contributed by atoms with Crippen LogP contribution in [-0.2, 0) is 11.3 Å². The molecule has 1 aliphatic rings. The van der Waals surface area contributed by atoms with Gasteiger partial charge in [0.05, 0.1) is 6.54 Å². The summed E-state index contributed by atoms with van der Waals surface area (Å²) in [6.45, 7) is 10.2. The zero-order chi connectivity index (χ0) is 16.9. The minimum absolute atomic E-state index is 0.200. The number of hydrogen-bond donors (Lipinski definition) is 1. The average molecular weight is 323 g/mol. The minimum Gasteiger partial charge on any atom is -0.444 e. The van der Waals surface area contributed by atoms with Crippen LogP contribution in [0.1, 0.15) is 47.0 Å². The molecule has 1 N–H and O–H groups in total. The Morgan fingerprint density at radius 3 is 2.83 bits per heavy atom. The summed E-state index contributed by atoms with van der Waals surface area (Å²) in [7, 11) is 0. The number of rotatable bonds is 4. The van der Waals surface area contributed by atoms with E-state index in [1.165, 1.54) is 0 Å². The third-order valence-corrected chi connectivity index (χ3v) is 3.83. The molecule has 130 valence electrons. The summed E-state index contributed by atoms with van der Waals surface area (Å²) >= 11 is 0. The molecule has 2 heterocycles. The van der Waals surface area contributed by atoms with Crippen LogP contribution in [0.15, 0.2) is 12.7 Å². The lowest BCUT2D eigenvalue weighted by atomic mass is 10.1. The van der Waals surface area contributed by atoms with Gasteiger partial charge in [-0.25, -0.2) is 9.78 Å². The van der Waals surface area contributed by atoms with Crippen LogP contribution in [0.25, 0.3) is 0 Å². The highest BCUT2D eigenvalue weighted by Crippen LogP contribution is 2.16. The largest absolute Gasteiger partial charge is 0.444 e. The summed E-state index contributed by atoms with van der Waals surface area (Å²) < 4.78 is 7.30. The fourth-order valence-corrected chi connectivity index (χ4v) is 2.83. The van der Waals surface area contributed by atoms with Gasteiger partial charge < -0.3 is 15.0 Å². The zero-order valence-electron chi connectivity index (χ0n) is 14.7. The van der Waals surface area contributed by atoms with Crippen molar-refractivity contribution in [3.63, 3.8) is 0 Å². The Morgan fingerprint density at radius 2 is 2.17 bits per heavy atom. The fourth-order valence-electron chi connectivity index (χ4n) is 2.83. The molecule has 7 nitrogen and oxygen atoms in total. The van der Waals surface area contributed by atoms with E-state index in [0.29, 0.717) is 12.1 Å². The molecule has 0 radical (unpaired) electrons. The Hall–Kier alpha value is -1.63. The molecule has 2 rings (SSSR count). The van der Waals surface area contributed by atoms with Crippen molar-refractivity contribution in [2.75, 3.05) is 13.1 Å². The van der Waals surface area contributed by atoms with E-state index in [0.717, 1.165) is 38.9 Å². The van der Waals surface area contributed by atoms with Gasteiger partial charge in [-0.1, -0.05) is 0 Å². The van der Waals surface area contributed by atoms with E-state index < -0.39 is 5.60 Å². The van der Waals surface area contributed by atoms with Crippen molar-refractivity contribution < 1.29 is 9.53 Å². The Balaban J connectivity index is 1.78. The Kier molecular flexibility index (Phi) is 5.98. The number of carbonyl (C=O) groups excluding carboxylic acids is 1. The van der Waals surface area contributed by atoms with Crippen molar-refractivity contribution in [2.24, 2.45) is 0 Å². The number of likely N-dealkylation sites (tertiary alicyclic amines) is 1. The predicted octanol–water partition coefficient (Wildman–Crippen LogP) is 2.05. The highest BCUT2D eigenvalue weighted by Gasteiger charge is 2.25. The average Bonchev–Trinajstić information content (AvgIpc) is 2.81. The van der Waals surface area contributed by atoms with E-state index in [1.54, 1.807) is 12.7 Å². The molecular formula is C16H29N5O2. The summed E-state index contributed by atoms with van der Waals surface area (Å²) in [5.41, 5.74) is -0.437. The molecule has 1 aliphatic heterocycles. The first-order chi connectivity index (χ1) is 10.8. The van der Waals surface area contributed by atoms with Gasteiger partial charge in [-0.15, -0.1) is 0 Å². The van der Waals surface area contributed by atoms with Gasteiger partial charge in [-0.3, -0.25) is 4.68 Å². The molecule has 0 aromatic carbocycles. The van der Waals surface area contributed by atoms with Crippen molar-refractivity contribution >= 4 is 6.09 Å². The number of nitrogens with zero attached hydrogens (tertiary/aromatic N) is 4. The molecule has 0 aliphatic carbocycles. The molecule has 7 heteroatoms. The fraction of sp³-hybridized carbons (Fsp3) is 0.812. The highest BCUT2D eigenvalue weighted by atomic mass is 16.6. The number of aromatic nitrogens is 3. The van der Waals surface area contributed by atoms with Gasteiger partial charge in [-0.2, -0.15) is 5.10 Å². The molecule has 1 aromatic rings. The minimum atomic E-state index is -0.437. The number of amides is 1. The molecule has 1 fully saturated rings. The van der Waals surface area contributed by atoms with Gasteiger partial charge in [0, 0.05) is 25.2 Å². The second-order valence-electron chi connectivity index (χ2n) is 7.28. The number of hydrogen-bond acceptors (Lipinski definition) is 5. The molecule has 0 spiro atoms. The molecule has 0 saturated carbocycles. The summed E-state index contributed by atoms with van der Waals surface area (Å²) in [4.78, 5) is 18.0. The third-order valence-electron chi connectivity index (χ3n) is 3.83. The summed E-state index contributed by atoms with van der Waals surface area (Å²) in [5.74, 6) is 0. The van der Waals surface area contributed by atoms with E-state index in [1.807, 2.05) is 30.4 Å². The van der Waals surface area contributed by atoms with Crippen LogP contribution in [0.4, 0.5) is 4.79 Å². The second kappa shape index (κ2) is 7.77. The maximum absolute atomic E-state index is 12.2. The molecule has 1 amide bonds. The van der Waals surface area contributed by atoms with E-state index in [2.05, 4.69) is 22.3 Å². The first-order valence-electron chi connectivity index (χ1n) is 8.40. The van der Waals surface area contributed by atoms with Gasteiger partial charge in [0.15, 0.2) is 0 Å². The van der Waals surface area contributed by atoms with E-state index >= 15 is 0 Å². The number of carbonyl (C=O) groups is 1. The van der Waals surface area contributed by atoms with E-state index in [-0.39, 0.29) is 6.09 Å². The van der Waals surface area contributed by atoms with Crippen molar-refractivity contribution in [2.45, 2.75) is 71.2 Å². The van der Waals surface area contributed by atoms with Crippen LogP contribution in [-0.4, -0.2) is 56.5 Å². The summed E-state index contributed by atoms with van der Waals surface area (Å²) in [5, 5.41) is 7.77. The van der Waals surface area contributed by atoms with Crippen molar-refractivity contribution in [3.8, 4) is 0 Å². The standard InChI is InChI=1S/C16H29N5O2/c1-13(10-21-12-17-11-18-21)19-14-6-5-8-20(9-7-14)15(22)23-16(2,3)4/h11-14,19H,5-10H2,1-4H3/t13-,14-/m1/s1. The molecule has 1 saturated heterocycles. The van der Waals surface area contributed by atoms with Crippen LogP contribution in [0, 0.1) is 0 Å². The second-order valence-corrected chi connectivity index (χ2v) is 7.28. The van der Waals surface area contributed by atoms with Crippen molar-refractivity contribution in [3.05, 3.63) is 12.7 Å². The molecule has 1 aromatic heterocycles. The number of nitrogens with one attached hydrogen (secondary N) is 1. The zero-order valence-corrected chi connectivity index (χ0v) is 14.7. The van der Waals surface area contributed by atoms with Crippen LogP contribution in [0.2, 0.25) is 0 Å². The SMILES string of the molecule is C[C@H](Cn1cncn1)N[C@@H]1CCCN(C(=O)OC(C)(C)C)CC1. The van der Waals surface area contributed by atoms with Crippen LogP contribution >= 0.6 is 0 Å². The third kappa shape index (κ3) is 6.17. The normalized spacial score (nSPS) is 20.9. The highest BCUT2D eigenvalue weighted by molar-refractivity contribution is 5.68. The molecule has 23 heavy (non-hydrogen) atoms. The van der Waals surface area contributed by atoms with Gasteiger partial charge in [0.25, 0.3) is 0 Å².